The monoisotopic (exact) mass is 371 g/mol. The van der Waals surface area contributed by atoms with Gasteiger partial charge in [-0.2, -0.15) is 13.2 Å². The number of rotatable bonds is 5. The highest BCUT2D eigenvalue weighted by Gasteiger charge is 2.38. The van der Waals surface area contributed by atoms with Crippen molar-refractivity contribution >= 4 is 33.2 Å². The molecule has 11 heteroatoms. The summed E-state index contributed by atoms with van der Waals surface area (Å²) < 4.78 is 87.2. The first-order valence-corrected chi connectivity index (χ1v) is 7.64. The summed E-state index contributed by atoms with van der Waals surface area (Å²) in [5, 5.41) is -1.21. The average molecular weight is 372 g/mol. The number of sulfonamides is 1. The van der Waals surface area contributed by atoms with Crippen LogP contribution in [0.3, 0.4) is 0 Å². The van der Waals surface area contributed by atoms with E-state index in [0.717, 1.165) is 12.1 Å². The van der Waals surface area contributed by atoms with E-state index in [-0.39, 0.29) is 0 Å². The second kappa shape index (κ2) is 6.64. The van der Waals surface area contributed by atoms with E-state index in [1.165, 1.54) is 4.72 Å². The summed E-state index contributed by atoms with van der Waals surface area (Å²) in [4.78, 5) is 0. The minimum atomic E-state index is -4.93. The van der Waals surface area contributed by atoms with Crippen molar-refractivity contribution in [2.45, 2.75) is 18.4 Å². The molecule has 0 spiro atoms. The molecule has 1 rings (SSSR count). The maximum Gasteiger partial charge on any atom is 0.418 e. The molecule has 1 aromatic carbocycles. The third-order valence-corrected chi connectivity index (χ3v) is 4.22. The van der Waals surface area contributed by atoms with E-state index in [1.807, 2.05) is 0 Å². The van der Waals surface area contributed by atoms with E-state index < -0.39 is 56.1 Å². The van der Waals surface area contributed by atoms with Gasteiger partial charge in [-0.1, -0.05) is 23.2 Å². The zero-order valence-electron chi connectivity index (χ0n) is 10.0. The van der Waals surface area contributed by atoms with Gasteiger partial charge >= 0.3 is 6.18 Å². The van der Waals surface area contributed by atoms with Crippen molar-refractivity contribution in [2.24, 2.45) is 0 Å². The molecule has 0 saturated heterocycles. The molecule has 0 radical (unpaired) electrons. The average Bonchev–Trinajstić information content (AvgIpc) is 2.29. The lowest BCUT2D eigenvalue weighted by atomic mass is 10.1. The number of hydrogen-bond acceptors (Lipinski definition) is 2. The summed E-state index contributed by atoms with van der Waals surface area (Å²) in [5.41, 5.74) is -2.20. The van der Waals surface area contributed by atoms with E-state index in [0.29, 0.717) is 0 Å². The van der Waals surface area contributed by atoms with Gasteiger partial charge in [0.1, 0.15) is 0 Å². The first-order chi connectivity index (χ1) is 9.44. The standard InChI is InChI=1S/C10H8Cl2F5NO2S/c11-6-1-2-7(12)9(10(15,16)17)5(6)4-21(19,20)18-3-8(13)14/h1-2,8,18H,3-4H2. The first kappa shape index (κ1) is 18.4. The SMILES string of the molecule is O=S(=O)(Cc1c(Cl)ccc(Cl)c1C(F)(F)F)NCC(F)F. The molecule has 0 aliphatic carbocycles. The highest BCUT2D eigenvalue weighted by atomic mass is 35.5. The van der Waals surface area contributed by atoms with Crippen LogP contribution in [0.25, 0.3) is 0 Å². The Morgan fingerprint density at radius 3 is 2.14 bits per heavy atom. The predicted molar refractivity (Wildman–Crippen MR) is 68.1 cm³/mol. The lowest BCUT2D eigenvalue weighted by molar-refractivity contribution is -0.138. The van der Waals surface area contributed by atoms with Gasteiger partial charge in [0.15, 0.2) is 0 Å². The molecule has 1 aromatic rings. The fourth-order valence-corrected chi connectivity index (χ4v) is 3.22. The molecule has 0 atom stereocenters. The molecule has 0 aliphatic rings. The topological polar surface area (TPSA) is 46.2 Å². The number of alkyl halides is 5. The van der Waals surface area contributed by atoms with Gasteiger partial charge in [-0.25, -0.2) is 21.9 Å². The molecule has 0 aliphatic heterocycles. The Labute approximate surface area is 127 Å². The number of halogens is 7. The van der Waals surface area contributed by atoms with Crippen molar-refractivity contribution in [1.82, 2.24) is 4.72 Å². The van der Waals surface area contributed by atoms with E-state index in [1.54, 1.807) is 0 Å². The van der Waals surface area contributed by atoms with Crippen molar-refractivity contribution < 1.29 is 30.4 Å². The zero-order chi connectivity index (χ0) is 16.4. The Morgan fingerprint density at radius 2 is 1.67 bits per heavy atom. The van der Waals surface area contributed by atoms with Crippen molar-refractivity contribution in [1.29, 1.82) is 0 Å². The van der Waals surface area contributed by atoms with Crippen molar-refractivity contribution in [3.8, 4) is 0 Å². The fraction of sp³-hybridized carbons (Fsp3) is 0.400. The van der Waals surface area contributed by atoms with Gasteiger partial charge in [0.05, 0.1) is 22.9 Å². The van der Waals surface area contributed by atoms with Gasteiger partial charge < -0.3 is 0 Å². The maximum atomic E-state index is 12.9. The van der Waals surface area contributed by atoms with Gasteiger partial charge in [-0.05, 0) is 12.1 Å². The molecule has 3 nitrogen and oxygen atoms in total. The molecule has 0 heterocycles. The minimum absolute atomic E-state index is 0.478. The molecule has 0 bridgehead atoms. The molecule has 0 amide bonds. The smallest absolute Gasteiger partial charge is 0.212 e. The van der Waals surface area contributed by atoms with Gasteiger partial charge in [-0.15, -0.1) is 0 Å². The Morgan fingerprint density at radius 1 is 1.14 bits per heavy atom. The fourth-order valence-electron chi connectivity index (χ4n) is 1.47. The summed E-state index contributed by atoms with van der Waals surface area (Å²) in [7, 11) is -4.42. The van der Waals surface area contributed by atoms with Crippen molar-refractivity contribution in [3.05, 3.63) is 33.3 Å². The van der Waals surface area contributed by atoms with E-state index >= 15 is 0 Å². The van der Waals surface area contributed by atoms with E-state index in [9.17, 15) is 30.4 Å². The summed E-state index contributed by atoms with van der Waals surface area (Å²) in [6.07, 6.45) is -7.91. The molecule has 0 unspecified atom stereocenters. The Balaban J connectivity index is 3.22. The lowest BCUT2D eigenvalue weighted by Crippen LogP contribution is -2.30. The molecule has 1 N–H and O–H groups in total. The molecule has 120 valence electrons. The number of benzene rings is 1. The quantitative estimate of drug-likeness (QED) is 0.802. The second-order valence-corrected chi connectivity index (χ2v) is 6.50. The van der Waals surface area contributed by atoms with Crippen molar-refractivity contribution in [2.75, 3.05) is 6.54 Å². The highest BCUT2D eigenvalue weighted by molar-refractivity contribution is 7.88. The van der Waals surface area contributed by atoms with Crippen LogP contribution in [-0.4, -0.2) is 21.4 Å². The normalized spacial score (nSPS) is 13.0. The predicted octanol–water partition coefficient (Wildman–Crippen LogP) is 3.70. The second-order valence-electron chi connectivity index (χ2n) is 3.88. The van der Waals surface area contributed by atoms with Gasteiger partial charge in [0.2, 0.25) is 10.0 Å². The summed E-state index contributed by atoms with van der Waals surface area (Å²) in [5.74, 6) is -1.21. The van der Waals surface area contributed by atoms with Crippen LogP contribution in [0.1, 0.15) is 11.1 Å². The minimum Gasteiger partial charge on any atom is -0.212 e. The van der Waals surface area contributed by atoms with Crippen LogP contribution in [-0.2, 0) is 22.0 Å². The van der Waals surface area contributed by atoms with Crippen LogP contribution in [0.2, 0.25) is 10.0 Å². The zero-order valence-corrected chi connectivity index (χ0v) is 12.3. The van der Waals surface area contributed by atoms with Gasteiger partial charge in [0.25, 0.3) is 6.43 Å². The Hall–Kier alpha value is -0.640. The van der Waals surface area contributed by atoms with Crippen molar-refractivity contribution in [3.63, 3.8) is 0 Å². The molecular weight excluding hydrogens is 364 g/mol. The summed E-state index contributed by atoms with van der Waals surface area (Å²) >= 11 is 11.0. The number of nitrogens with one attached hydrogen (secondary N) is 1. The van der Waals surface area contributed by atoms with Crippen LogP contribution < -0.4 is 4.72 Å². The van der Waals surface area contributed by atoms with Crippen LogP contribution in [0.5, 0.6) is 0 Å². The van der Waals surface area contributed by atoms with Gasteiger partial charge in [-0.3, -0.25) is 0 Å². The Bertz CT molecular complexity index is 619. The third-order valence-electron chi connectivity index (χ3n) is 2.28. The Kier molecular flexibility index (Phi) is 5.82. The maximum absolute atomic E-state index is 12.9. The van der Waals surface area contributed by atoms with Gasteiger partial charge in [0, 0.05) is 10.6 Å². The van der Waals surface area contributed by atoms with E-state index in [2.05, 4.69) is 0 Å². The largest absolute Gasteiger partial charge is 0.418 e. The summed E-state index contributed by atoms with van der Waals surface area (Å²) in [6.45, 7) is -1.21. The third kappa shape index (κ3) is 5.24. The number of hydrogen-bond donors (Lipinski definition) is 1. The molecule has 0 aromatic heterocycles. The summed E-state index contributed by atoms with van der Waals surface area (Å²) in [6, 6.07) is 1.87. The van der Waals surface area contributed by atoms with Crippen LogP contribution >= 0.6 is 23.2 Å². The molecule has 0 fully saturated rings. The van der Waals surface area contributed by atoms with Crippen LogP contribution in [0, 0.1) is 0 Å². The highest BCUT2D eigenvalue weighted by Crippen LogP contribution is 2.40. The molecule has 21 heavy (non-hydrogen) atoms. The molecule has 0 saturated carbocycles. The first-order valence-electron chi connectivity index (χ1n) is 5.23. The van der Waals surface area contributed by atoms with Crippen LogP contribution in [0.4, 0.5) is 22.0 Å². The van der Waals surface area contributed by atoms with E-state index in [4.69, 9.17) is 23.2 Å². The molecular formula is C10H8Cl2F5NO2S. The van der Waals surface area contributed by atoms with Crippen LogP contribution in [0.15, 0.2) is 12.1 Å². The lowest BCUT2D eigenvalue weighted by Gasteiger charge is -2.16.